The maximum absolute atomic E-state index is 14.3. The zero-order valence-corrected chi connectivity index (χ0v) is 23.1. The standard InChI is InChI=1S/C29H40FNO3Si/c1-29(2,3)35(5,6)34-20-19-31(18-17-23-9-7-8-10-26(23)30)27-15-13-24-21-22(11-14-25(24)27)12-16-28(32)33-4/h7-12,14,16,21,27H,13,15,17-20H2,1-6H3. The van der Waals surface area contributed by atoms with E-state index in [0.717, 1.165) is 37.1 Å². The van der Waals surface area contributed by atoms with Crippen LogP contribution in [-0.2, 0) is 26.8 Å². The number of methoxy groups -OCH3 is 1. The highest BCUT2D eigenvalue weighted by molar-refractivity contribution is 6.74. The van der Waals surface area contributed by atoms with Crippen LogP contribution in [0.4, 0.5) is 4.39 Å². The first-order valence-corrected chi connectivity index (χ1v) is 15.4. The number of carbonyl (C=O) groups excluding carboxylic acids is 1. The first-order valence-electron chi connectivity index (χ1n) is 12.5. The molecule has 35 heavy (non-hydrogen) atoms. The zero-order valence-electron chi connectivity index (χ0n) is 22.1. The van der Waals surface area contributed by atoms with Gasteiger partial charge < -0.3 is 9.16 Å². The first kappa shape index (κ1) is 27.3. The van der Waals surface area contributed by atoms with Gasteiger partial charge >= 0.3 is 5.97 Å². The summed E-state index contributed by atoms with van der Waals surface area (Å²) in [7, 11) is -0.460. The van der Waals surface area contributed by atoms with E-state index in [1.807, 2.05) is 12.1 Å². The van der Waals surface area contributed by atoms with E-state index in [2.05, 4.69) is 57.0 Å². The van der Waals surface area contributed by atoms with Gasteiger partial charge in [-0.2, -0.15) is 0 Å². The van der Waals surface area contributed by atoms with Gasteiger partial charge in [-0.15, -0.1) is 0 Å². The molecule has 0 N–H and O–H groups in total. The monoisotopic (exact) mass is 497 g/mol. The van der Waals surface area contributed by atoms with Crippen molar-refractivity contribution in [3.8, 4) is 0 Å². The van der Waals surface area contributed by atoms with Crippen LogP contribution in [-0.4, -0.2) is 46.0 Å². The maximum Gasteiger partial charge on any atom is 0.330 e. The second kappa shape index (κ2) is 11.6. The second-order valence-corrected chi connectivity index (χ2v) is 15.7. The SMILES string of the molecule is COC(=O)C=Cc1ccc2c(c1)CCC2N(CCO[Si](C)(C)C(C)(C)C)CCc1ccccc1F. The Morgan fingerprint density at radius 2 is 1.91 bits per heavy atom. The van der Waals surface area contributed by atoms with Gasteiger partial charge in [-0.3, -0.25) is 4.90 Å². The molecule has 0 fully saturated rings. The van der Waals surface area contributed by atoms with Crippen LogP contribution in [0.15, 0.2) is 48.5 Å². The van der Waals surface area contributed by atoms with E-state index in [1.165, 1.54) is 30.4 Å². The molecule has 0 aliphatic heterocycles. The highest BCUT2D eigenvalue weighted by atomic mass is 28.4. The third-order valence-corrected chi connectivity index (χ3v) is 12.1. The Morgan fingerprint density at radius 3 is 2.60 bits per heavy atom. The van der Waals surface area contributed by atoms with Crippen molar-refractivity contribution in [2.45, 2.75) is 64.2 Å². The Labute approximate surface area is 211 Å². The van der Waals surface area contributed by atoms with Crippen molar-refractivity contribution in [1.29, 1.82) is 0 Å². The minimum atomic E-state index is -1.84. The number of aryl methyl sites for hydroxylation is 1. The molecule has 6 heteroatoms. The van der Waals surface area contributed by atoms with Crippen molar-refractivity contribution in [2.24, 2.45) is 0 Å². The molecule has 0 spiro atoms. The Balaban J connectivity index is 1.76. The van der Waals surface area contributed by atoms with Gasteiger partial charge in [0.25, 0.3) is 0 Å². The molecule has 1 atom stereocenters. The number of ether oxygens (including phenoxy) is 1. The number of fused-ring (bicyclic) bond motifs is 1. The number of rotatable bonds is 10. The molecule has 1 aliphatic rings. The summed E-state index contributed by atoms with van der Waals surface area (Å²) in [5.41, 5.74) is 4.38. The molecule has 0 aromatic heterocycles. The van der Waals surface area contributed by atoms with Gasteiger partial charge in [-0.05, 0) is 71.8 Å². The van der Waals surface area contributed by atoms with Crippen LogP contribution < -0.4 is 0 Å². The van der Waals surface area contributed by atoms with Crippen LogP contribution in [0, 0.1) is 5.82 Å². The molecule has 0 radical (unpaired) electrons. The largest absolute Gasteiger partial charge is 0.466 e. The molecule has 3 rings (SSSR count). The smallest absolute Gasteiger partial charge is 0.330 e. The van der Waals surface area contributed by atoms with Gasteiger partial charge in [0.1, 0.15) is 5.82 Å². The highest BCUT2D eigenvalue weighted by Gasteiger charge is 2.37. The fraction of sp³-hybridized carbons (Fsp3) is 0.483. The molecule has 4 nitrogen and oxygen atoms in total. The van der Waals surface area contributed by atoms with E-state index in [4.69, 9.17) is 9.16 Å². The summed E-state index contributed by atoms with van der Waals surface area (Å²) in [5.74, 6) is -0.497. The van der Waals surface area contributed by atoms with Crippen molar-refractivity contribution < 1.29 is 18.3 Å². The van der Waals surface area contributed by atoms with Crippen molar-refractivity contribution in [3.05, 3.63) is 76.6 Å². The summed E-state index contributed by atoms with van der Waals surface area (Å²) in [6.07, 6.45) is 5.92. The molecule has 1 aliphatic carbocycles. The Kier molecular flexibility index (Phi) is 9.08. The summed E-state index contributed by atoms with van der Waals surface area (Å²) in [6, 6.07) is 13.7. The molecule has 0 bridgehead atoms. The van der Waals surface area contributed by atoms with Crippen LogP contribution in [0.1, 0.15) is 55.5 Å². The molecule has 2 aromatic rings. The third kappa shape index (κ3) is 7.12. The van der Waals surface area contributed by atoms with Crippen molar-refractivity contribution in [3.63, 3.8) is 0 Å². The predicted molar refractivity (Wildman–Crippen MR) is 143 cm³/mol. The number of hydrogen-bond donors (Lipinski definition) is 0. The number of benzene rings is 2. The molecule has 0 amide bonds. The summed E-state index contributed by atoms with van der Waals surface area (Å²) in [6.45, 7) is 13.6. The van der Waals surface area contributed by atoms with Gasteiger partial charge in [-0.1, -0.05) is 57.2 Å². The zero-order chi connectivity index (χ0) is 25.6. The van der Waals surface area contributed by atoms with Gasteiger partial charge in [-0.25, -0.2) is 9.18 Å². The van der Waals surface area contributed by atoms with E-state index >= 15 is 0 Å². The molecule has 0 saturated carbocycles. The first-order chi connectivity index (χ1) is 16.5. The van der Waals surface area contributed by atoms with Crippen molar-refractivity contribution in [1.82, 2.24) is 4.90 Å². The van der Waals surface area contributed by atoms with Crippen molar-refractivity contribution >= 4 is 20.4 Å². The fourth-order valence-electron chi connectivity index (χ4n) is 4.35. The molecule has 0 saturated heterocycles. The van der Waals surface area contributed by atoms with E-state index in [-0.39, 0.29) is 22.9 Å². The van der Waals surface area contributed by atoms with E-state index in [0.29, 0.717) is 13.0 Å². The van der Waals surface area contributed by atoms with Gasteiger partial charge in [0.2, 0.25) is 0 Å². The third-order valence-electron chi connectivity index (χ3n) is 7.54. The van der Waals surface area contributed by atoms with E-state index in [9.17, 15) is 9.18 Å². The van der Waals surface area contributed by atoms with Crippen LogP contribution in [0.2, 0.25) is 18.1 Å². The summed E-state index contributed by atoms with van der Waals surface area (Å²) in [5, 5.41) is 0.166. The number of hydrogen-bond acceptors (Lipinski definition) is 4. The number of carbonyl (C=O) groups is 1. The second-order valence-electron chi connectivity index (χ2n) is 10.9. The molecular weight excluding hydrogens is 457 g/mol. The number of nitrogens with zero attached hydrogens (tertiary/aromatic N) is 1. The summed E-state index contributed by atoms with van der Waals surface area (Å²) in [4.78, 5) is 13.9. The summed E-state index contributed by atoms with van der Waals surface area (Å²) >= 11 is 0. The molecular formula is C29H40FNO3Si. The normalized spacial score (nSPS) is 16.2. The van der Waals surface area contributed by atoms with Gasteiger partial charge in [0, 0.05) is 31.8 Å². The number of esters is 1. The Morgan fingerprint density at radius 1 is 1.17 bits per heavy atom. The van der Waals surface area contributed by atoms with Crippen LogP contribution >= 0.6 is 0 Å². The quantitative estimate of drug-likeness (QED) is 0.212. The van der Waals surface area contributed by atoms with E-state index < -0.39 is 8.32 Å². The molecule has 0 heterocycles. The lowest BCUT2D eigenvalue weighted by Crippen LogP contribution is -2.43. The average Bonchev–Trinajstić information content (AvgIpc) is 3.23. The average molecular weight is 498 g/mol. The molecule has 190 valence electrons. The minimum absolute atomic E-state index is 0.140. The summed E-state index contributed by atoms with van der Waals surface area (Å²) < 4.78 is 25.5. The van der Waals surface area contributed by atoms with Gasteiger partial charge in [0.05, 0.1) is 7.11 Å². The Bertz CT molecular complexity index is 1040. The molecule has 2 aromatic carbocycles. The topological polar surface area (TPSA) is 38.8 Å². The van der Waals surface area contributed by atoms with Gasteiger partial charge in [0.15, 0.2) is 8.32 Å². The lowest BCUT2D eigenvalue weighted by molar-refractivity contribution is -0.134. The number of halogens is 1. The van der Waals surface area contributed by atoms with Crippen LogP contribution in [0.3, 0.4) is 0 Å². The minimum Gasteiger partial charge on any atom is -0.466 e. The van der Waals surface area contributed by atoms with E-state index in [1.54, 1.807) is 12.1 Å². The lowest BCUT2D eigenvalue weighted by Gasteiger charge is -2.37. The Hall–Kier alpha value is -2.28. The van der Waals surface area contributed by atoms with Crippen molar-refractivity contribution in [2.75, 3.05) is 26.8 Å². The van der Waals surface area contributed by atoms with Crippen LogP contribution in [0.25, 0.3) is 6.08 Å². The predicted octanol–water partition coefficient (Wildman–Crippen LogP) is 6.57. The highest BCUT2D eigenvalue weighted by Crippen LogP contribution is 2.38. The van der Waals surface area contributed by atoms with Crippen LogP contribution in [0.5, 0.6) is 0 Å². The molecule has 1 unspecified atom stereocenters. The maximum atomic E-state index is 14.3. The fourth-order valence-corrected chi connectivity index (χ4v) is 5.39. The lowest BCUT2D eigenvalue weighted by atomic mass is 10.0.